The molecule has 3 aliphatic rings. The zero-order valence-corrected chi connectivity index (χ0v) is 59.5. The first-order chi connectivity index (χ1) is 47.1. The number of fused-ring (bicyclic) bond motifs is 3. The Morgan fingerprint density at radius 2 is 0.667 bits per heavy atom. The molecule has 3 saturated heterocycles. The fraction of sp³-hybridized carbons (Fsp3) is 0.435. The summed E-state index contributed by atoms with van der Waals surface area (Å²) in [4.78, 5) is 71.4. The Morgan fingerprint density at radius 3 is 0.889 bits per heavy atom. The predicted molar refractivity (Wildman–Crippen MR) is 371 cm³/mol. The molecule has 12 rings (SSSR count). The third-order valence-electron chi connectivity index (χ3n) is 17.1. The number of aromatic nitrogens is 9. The van der Waals surface area contributed by atoms with E-state index in [4.69, 9.17) is 95.4 Å². The Morgan fingerprint density at radius 1 is 0.434 bits per heavy atom. The van der Waals surface area contributed by atoms with Crippen LogP contribution in [-0.4, -0.2) is 173 Å². The number of nitrogens with zero attached hydrogens (tertiary/aromatic N) is 12. The molecule has 99 heavy (non-hydrogen) atoms. The minimum atomic E-state index is -0.794. The molecule has 0 aliphatic carbocycles. The predicted octanol–water partition coefficient (Wildman–Crippen LogP) is 11.5. The van der Waals surface area contributed by atoms with E-state index in [0.717, 1.165) is 0 Å². The van der Waals surface area contributed by atoms with Gasteiger partial charge in [-0.2, -0.15) is 0 Å². The van der Waals surface area contributed by atoms with E-state index >= 15 is 13.2 Å². The van der Waals surface area contributed by atoms with Gasteiger partial charge in [0.15, 0.2) is 17.5 Å². The molecule has 528 valence electrons. The summed E-state index contributed by atoms with van der Waals surface area (Å²) in [5.41, 5.74) is 23.6. The molecule has 6 aromatic heterocycles. The third-order valence-corrected chi connectivity index (χ3v) is 17.9. The Bertz CT molecular complexity index is 4070. The molecule has 30 heteroatoms. The molecule has 3 unspecified atom stereocenters. The Balaban J connectivity index is 0.000000161. The van der Waals surface area contributed by atoms with E-state index in [9.17, 15) is 14.4 Å². The number of imidazole rings is 3. The van der Waals surface area contributed by atoms with Crippen molar-refractivity contribution in [3.05, 3.63) is 156 Å². The third kappa shape index (κ3) is 14.9. The standard InChI is InChI=1S/3C23H27ClFN5O3/c3*1-12(2)33-20-15(13(3)22-28-14(4)19-21(26)27-5-6-30(19)22)11-16(24)18(25)17(20)23(31)29-7-9-32-10-8-29/h3*5-6,11-13H,7-10H2,1-4H3,(H2,26,27). The summed E-state index contributed by atoms with van der Waals surface area (Å²) in [6.07, 6.45) is 9.19. The highest BCUT2D eigenvalue weighted by Crippen LogP contribution is 2.44. The van der Waals surface area contributed by atoms with Gasteiger partial charge in [0, 0.05) is 111 Å². The summed E-state index contributed by atoms with van der Waals surface area (Å²) >= 11 is 18.9. The molecule has 24 nitrogen and oxygen atoms in total. The lowest BCUT2D eigenvalue weighted by molar-refractivity contribution is 0.0294. The van der Waals surface area contributed by atoms with Crippen molar-refractivity contribution >= 4 is 86.5 Å². The summed E-state index contributed by atoms with van der Waals surface area (Å²) in [6.45, 7) is 26.8. The molecule has 3 atom stereocenters. The van der Waals surface area contributed by atoms with Crippen molar-refractivity contribution in [1.82, 2.24) is 57.8 Å². The van der Waals surface area contributed by atoms with E-state index in [1.807, 2.05) is 96.3 Å². The maximum atomic E-state index is 15.3. The first-order valence-electron chi connectivity index (χ1n) is 32.5. The maximum Gasteiger partial charge on any atom is 0.260 e. The van der Waals surface area contributed by atoms with Crippen molar-refractivity contribution in [2.24, 2.45) is 0 Å². The second-order valence-corrected chi connectivity index (χ2v) is 26.3. The Kier molecular flexibility index (Phi) is 22.7. The van der Waals surface area contributed by atoms with Gasteiger partial charge < -0.3 is 60.3 Å². The molecule has 3 fully saturated rings. The molecule has 3 amide bonds. The van der Waals surface area contributed by atoms with E-state index in [0.29, 0.717) is 164 Å². The first-order valence-corrected chi connectivity index (χ1v) is 33.7. The lowest BCUT2D eigenvalue weighted by Crippen LogP contribution is -2.41. The zero-order chi connectivity index (χ0) is 71.6. The molecule has 9 heterocycles. The molecule has 0 saturated carbocycles. The Hall–Kier alpha value is -8.73. The number of anilines is 3. The van der Waals surface area contributed by atoms with Crippen LogP contribution in [0.5, 0.6) is 17.2 Å². The minimum Gasteiger partial charge on any atom is -0.490 e. The smallest absolute Gasteiger partial charge is 0.260 e. The number of rotatable bonds is 15. The molecular formula is C69H81Cl3F3N15O9. The minimum absolute atomic E-state index is 0.150. The SMILES string of the molecule is Cc1nc(C(C)c2cc(Cl)c(F)c(C(=O)N3CCOCC3)c2OC(C)C)n2ccnc(N)c12.Cc1nc(C(C)c2cc(Cl)c(F)c(C(=O)N3CCOCC3)c2OC(C)C)n2ccnc(N)c12.Cc1nc(C(C)c2cc(Cl)c(F)c(C(=O)N3CCOCC3)c2OC(C)C)n2ccnc(N)c12. The van der Waals surface area contributed by atoms with Gasteiger partial charge in [-0.3, -0.25) is 27.6 Å². The fourth-order valence-electron chi connectivity index (χ4n) is 12.4. The van der Waals surface area contributed by atoms with Crippen molar-refractivity contribution in [2.75, 3.05) is 96.1 Å². The van der Waals surface area contributed by atoms with Crippen LogP contribution in [0.1, 0.15) is 162 Å². The molecule has 9 aromatic rings. The number of carbonyl (C=O) groups excluding carboxylic acids is 3. The monoisotopic (exact) mass is 1430 g/mol. The van der Waals surface area contributed by atoms with Crippen molar-refractivity contribution in [1.29, 1.82) is 0 Å². The fourth-order valence-corrected chi connectivity index (χ4v) is 13.1. The van der Waals surface area contributed by atoms with E-state index in [1.165, 1.54) is 18.2 Å². The van der Waals surface area contributed by atoms with Crippen LogP contribution >= 0.6 is 34.8 Å². The maximum absolute atomic E-state index is 15.3. The number of nitrogens with two attached hydrogens (primary N) is 3. The molecular weight excluding hydrogens is 1350 g/mol. The van der Waals surface area contributed by atoms with Gasteiger partial charge in [0.25, 0.3) is 17.7 Å². The van der Waals surface area contributed by atoms with E-state index in [2.05, 4.69) is 15.0 Å². The first kappa shape index (κ1) is 73.0. The highest BCUT2D eigenvalue weighted by Gasteiger charge is 2.37. The van der Waals surface area contributed by atoms with Crippen LogP contribution in [0.4, 0.5) is 30.6 Å². The van der Waals surface area contributed by atoms with Gasteiger partial charge in [-0.05, 0) is 80.5 Å². The lowest BCUT2D eigenvalue weighted by atomic mass is 9.95. The number of hydrogen-bond acceptors (Lipinski definition) is 18. The topological polar surface area (TPSA) is 285 Å². The van der Waals surface area contributed by atoms with Gasteiger partial charge in [-0.25, -0.2) is 43.1 Å². The largest absolute Gasteiger partial charge is 0.490 e. The van der Waals surface area contributed by atoms with Crippen LogP contribution in [0.2, 0.25) is 15.1 Å². The Labute approximate surface area is 585 Å². The van der Waals surface area contributed by atoms with E-state index < -0.39 is 52.9 Å². The van der Waals surface area contributed by atoms with Gasteiger partial charge in [-0.15, -0.1) is 0 Å². The molecule has 0 spiro atoms. The van der Waals surface area contributed by atoms with Crippen LogP contribution in [-0.2, 0) is 14.2 Å². The van der Waals surface area contributed by atoms with Crippen molar-refractivity contribution in [2.45, 2.75) is 119 Å². The average molecular weight is 1430 g/mol. The quantitative estimate of drug-likeness (QED) is 0.0859. The van der Waals surface area contributed by atoms with Gasteiger partial charge >= 0.3 is 0 Å². The number of nitrogen functional groups attached to an aromatic ring is 3. The van der Waals surface area contributed by atoms with Gasteiger partial charge in [0.05, 0.1) is 90.1 Å². The van der Waals surface area contributed by atoms with E-state index in [1.54, 1.807) is 51.9 Å². The number of ether oxygens (including phenoxy) is 6. The number of carbonyl (C=O) groups is 3. The highest BCUT2D eigenvalue weighted by molar-refractivity contribution is 6.32. The summed E-state index contributed by atoms with van der Waals surface area (Å²) < 4.78 is 85.7. The zero-order valence-electron chi connectivity index (χ0n) is 57.2. The van der Waals surface area contributed by atoms with Crippen LogP contribution in [0.25, 0.3) is 16.6 Å². The second kappa shape index (κ2) is 30.8. The molecule has 6 N–H and O–H groups in total. The van der Waals surface area contributed by atoms with Crippen LogP contribution in [0.15, 0.2) is 55.4 Å². The normalized spacial score (nSPS) is 15.3. The van der Waals surface area contributed by atoms with Gasteiger partial charge in [0.2, 0.25) is 0 Å². The number of hydrogen-bond donors (Lipinski definition) is 3. The summed E-state index contributed by atoms with van der Waals surface area (Å²) in [5, 5.41) is -0.449. The number of benzene rings is 3. The van der Waals surface area contributed by atoms with Crippen molar-refractivity contribution < 1.29 is 56.0 Å². The number of aryl methyl sites for hydroxylation is 3. The second-order valence-electron chi connectivity index (χ2n) is 25.0. The van der Waals surface area contributed by atoms with Crippen molar-refractivity contribution in [3.63, 3.8) is 0 Å². The van der Waals surface area contributed by atoms with Crippen LogP contribution in [0.3, 0.4) is 0 Å². The molecule has 3 aliphatic heterocycles. The number of amides is 3. The number of morpholine rings is 3. The van der Waals surface area contributed by atoms with Gasteiger partial charge in [-0.1, -0.05) is 55.6 Å². The molecule has 0 radical (unpaired) electrons. The number of halogens is 6. The van der Waals surface area contributed by atoms with Crippen LogP contribution in [0, 0.1) is 38.2 Å². The highest BCUT2D eigenvalue weighted by atomic mass is 35.5. The summed E-state index contributed by atoms with van der Waals surface area (Å²) in [7, 11) is 0. The lowest BCUT2D eigenvalue weighted by Gasteiger charge is -2.29. The van der Waals surface area contributed by atoms with Crippen LogP contribution < -0.4 is 31.4 Å². The molecule has 3 aromatic carbocycles. The summed E-state index contributed by atoms with van der Waals surface area (Å²) in [5.74, 6) is -1.42. The summed E-state index contributed by atoms with van der Waals surface area (Å²) in [6, 6.07) is 4.53. The van der Waals surface area contributed by atoms with E-state index in [-0.39, 0.29) is 67.3 Å². The van der Waals surface area contributed by atoms with Crippen molar-refractivity contribution in [3.8, 4) is 17.2 Å². The van der Waals surface area contributed by atoms with Gasteiger partial charge in [0.1, 0.15) is 85.4 Å². The molecule has 0 bridgehead atoms. The average Bonchev–Trinajstić information content (AvgIpc) is 1.66.